The molecule has 0 aliphatic heterocycles. The highest BCUT2D eigenvalue weighted by atomic mass is 16.4. The van der Waals surface area contributed by atoms with Crippen LogP contribution in [0, 0.1) is 0 Å². The Balaban J connectivity index is 3.40. The van der Waals surface area contributed by atoms with Gasteiger partial charge in [-0.15, -0.1) is 0 Å². The fourth-order valence-corrected chi connectivity index (χ4v) is 1.93. The molecular weight excluding hydrogens is 272 g/mol. The highest BCUT2D eigenvalue weighted by molar-refractivity contribution is 5.66. The second-order valence-electron chi connectivity index (χ2n) is 5.37. The van der Waals surface area contributed by atoms with Crippen LogP contribution in [0.2, 0.25) is 0 Å². The summed E-state index contributed by atoms with van der Waals surface area (Å²) in [6, 6.07) is 0. The van der Waals surface area contributed by atoms with Gasteiger partial charge in [-0.1, -0.05) is 68.4 Å². The first-order chi connectivity index (χ1) is 10.8. The van der Waals surface area contributed by atoms with E-state index < -0.39 is 5.97 Å². The monoisotopic (exact) mass is 304 g/mol. The number of carboxylic acids is 1. The predicted octanol–water partition coefficient (Wildman–Crippen LogP) is 6.22. The van der Waals surface area contributed by atoms with E-state index in [0.717, 1.165) is 32.1 Å². The van der Waals surface area contributed by atoms with Gasteiger partial charge in [0.15, 0.2) is 0 Å². The Hall–Kier alpha value is -1.57. The lowest BCUT2D eigenvalue weighted by atomic mass is 10.2. The fraction of sp³-hybridized carbons (Fsp3) is 0.550. The van der Waals surface area contributed by atoms with Crippen LogP contribution in [0.4, 0.5) is 0 Å². The van der Waals surface area contributed by atoms with Crippen LogP contribution in [0.15, 0.2) is 48.6 Å². The largest absolute Gasteiger partial charge is 0.481 e. The van der Waals surface area contributed by atoms with Gasteiger partial charge in [0.25, 0.3) is 0 Å². The summed E-state index contributed by atoms with van der Waals surface area (Å²) >= 11 is 0. The van der Waals surface area contributed by atoms with Crippen molar-refractivity contribution in [2.24, 2.45) is 0 Å². The summed E-state index contributed by atoms with van der Waals surface area (Å²) in [6.45, 7) is 2.23. The average Bonchev–Trinajstić information content (AvgIpc) is 2.50. The molecule has 124 valence electrons. The highest BCUT2D eigenvalue weighted by Gasteiger charge is 1.92. The van der Waals surface area contributed by atoms with Gasteiger partial charge in [-0.05, 0) is 44.9 Å². The highest BCUT2D eigenvalue weighted by Crippen LogP contribution is 2.01. The molecule has 0 bridgehead atoms. The molecule has 0 radical (unpaired) electrons. The Morgan fingerprint density at radius 3 is 1.64 bits per heavy atom. The number of hydrogen-bond donors (Lipinski definition) is 1. The molecule has 0 aromatic heterocycles. The molecule has 0 fully saturated rings. The Kier molecular flexibility index (Phi) is 16.2. The van der Waals surface area contributed by atoms with Crippen LogP contribution in [-0.2, 0) is 4.79 Å². The summed E-state index contributed by atoms with van der Waals surface area (Å²) in [5, 5.41) is 8.49. The van der Waals surface area contributed by atoms with Crippen molar-refractivity contribution < 1.29 is 9.90 Å². The van der Waals surface area contributed by atoms with Gasteiger partial charge in [0.05, 0.1) is 0 Å². The summed E-state index contributed by atoms with van der Waals surface area (Å²) in [5.74, 6) is -0.712. The molecule has 0 aliphatic carbocycles. The van der Waals surface area contributed by atoms with Gasteiger partial charge in [-0.3, -0.25) is 4.79 Å². The summed E-state index contributed by atoms with van der Waals surface area (Å²) in [7, 11) is 0. The van der Waals surface area contributed by atoms with Gasteiger partial charge >= 0.3 is 5.97 Å². The molecule has 0 aromatic carbocycles. The van der Waals surface area contributed by atoms with E-state index in [4.69, 9.17) is 5.11 Å². The van der Waals surface area contributed by atoms with Crippen molar-refractivity contribution in [3.63, 3.8) is 0 Å². The van der Waals surface area contributed by atoms with E-state index in [0.29, 0.717) is 0 Å². The van der Waals surface area contributed by atoms with Gasteiger partial charge < -0.3 is 5.11 Å². The molecule has 1 N–H and O–H groups in total. The van der Waals surface area contributed by atoms with Gasteiger partial charge in [-0.25, -0.2) is 0 Å². The van der Waals surface area contributed by atoms with Crippen molar-refractivity contribution in [1.29, 1.82) is 0 Å². The lowest BCUT2D eigenvalue weighted by molar-refractivity contribution is -0.137. The molecule has 0 saturated heterocycles. The number of allylic oxidation sites excluding steroid dienone is 8. The third-order valence-electron chi connectivity index (χ3n) is 3.22. The first-order valence-electron chi connectivity index (χ1n) is 8.59. The average molecular weight is 304 g/mol. The van der Waals surface area contributed by atoms with Gasteiger partial charge in [0.1, 0.15) is 0 Å². The maximum atomic E-state index is 10.3. The Morgan fingerprint density at radius 2 is 1.18 bits per heavy atom. The molecule has 0 rings (SSSR count). The Morgan fingerprint density at radius 1 is 0.727 bits per heavy atom. The topological polar surface area (TPSA) is 37.3 Å². The smallest absolute Gasteiger partial charge is 0.303 e. The Labute approximate surface area is 136 Å². The van der Waals surface area contributed by atoms with Gasteiger partial charge in [0.2, 0.25) is 0 Å². The number of carbonyl (C=O) groups is 1. The molecule has 2 nitrogen and oxygen atoms in total. The number of rotatable bonds is 14. The minimum absolute atomic E-state index is 0.262. The molecule has 0 aliphatic rings. The number of aliphatic carboxylic acids is 1. The van der Waals surface area contributed by atoms with Crippen molar-refractivity contribution >= 4 is 5.97 Å². The molecule has 2 heteroatoms. The molecular formula is C20H32O2. The fourth-order valence-electron chi connectivity index (χ4n) is 1.93. The molecule has 0 spiro atoms. The van der Waals surface area contributed by atoms with E-state index in [2.05, 4.69) is 55.5 Å². The zero-order valence-electron chi connectivity index (χ0n) is 14.0. The van der Waals surface area contributed by atoms with Crippen LogP contribution < -0.4 is 0 Å². The van der Waals surface area contributed by atoms with E-state index in [1.807, 2.05) is 0 Å². The minimum Gasteiger partial charge on any atom is -0.481 e. The lowest BCUT2D eigenvalue weighted by Gasteiger charge is -1.90. The summed E-state index contributed by atoms with van der Waals surface area (Å²) in [5.41, 5.74) is 0. The molecule has 0 unspecified atom stereocenters. The summed E-state index contributed by atoms with van der Waals surface area (Å²) in [6.07, 6.45) is 27.3. The summed E-state index contributed by atoms with van der Waals surface area (Å²) < 4.78 is 0. The van der Waals surface area contributed by atoms with Gasteiger partial charge in [-0.2, -0.15) is 0 Å². The number of hydrogen-bond acceptors (Lipinski definition) is 1. The second kappa shape index (κ2) is 17.5. The normalized spacial score (nSPS) is 12.4. The number of unbranched alkanes of at least 4 members (excludes halogenated alkanes) is 4. The lowest BCUT2D eigenvalue weighted by Crippen LogP contribution is -1.92. The Bertz CT molecular complexity index is 362. The SMILES string of the molecule is CCCCC/C=C\CC=CC/C=C\C/C=C\CCCC(=O)O. The quantitative estimate of drug-likeness (QED) is 0.305. The predicted molar refractivity (Wildman–Crippen MR) is 96.0 cm³/mol. The van der Waals surface area contributed by atoms with Crippen LogP contribution in [-0.4, -0.2) is 11.1 Å². The van der Waals surface area contributed by atoms with E-state index in [-0.39, 0.29) is 6.42 Å². The van der Waals surface area contributed by atoms with Crippen LogP contribution in [0.5, 0.6) is 0 Å². The van der Waals surface area contributed by atoms with Crippen molar-refractivity contribution in [3.8, 4) is 0 Å². The van der Waals surface area contributed by atoms with E-state index >= 15 is 0 Å². The van der Waals surface area contributed by atoms with Crippen LogP contribution in [0.1, 0.15) is 71.1 Å². The second-order valence-corrected chi connectivity index (χ2v) is 5.37. The zero-order chi connectivity index (χ0) is 16.3. The minimum atomic E-state index is -0.712. The van der Waals surface area contributed by atoms with Crippen LogP contribution in [0.3, 0.4) is 0 Å². The molecule has 22 heavy (non-hydrogen) atoms. The molecule has 0 atom stereocenters. The zero-order valence-corrected chi connectivity index (χ0v) is 14.0. The first-order valence-corrected chi connectivity index (χ1v) is 8.59. The van der Waals surface area contributed by atoms with Crippen molar-refractivity contribution in [3.05, 3.63) is 48.6 Å². The molecule has 0 heterocycles. The first kappa shape index (κ1) is 20.4. The maximum absolute atomic E-state index is 10.3. The van der Waals surface area contributed by atoms with Crippen molar-refractivity contribution in [2.75, 3.05) is 0 Å². The van der Waals surface area contributed by atoms with Crippen molar-refractivity contribution in [2.45, 2.75) is 71.1 Å². The van der Waals surface area contributed by atoms with Gasteiger partial charge in [0, 0.05) is 6.42 Å². The standard InChI is InChI=1S/C20H32O2/c1-2-3-4-5-6-7-8-9-10-11-12-13-14-15-16-17-18-19-20(21)22/h6-7,9-10,12-13,15-16H,2-5,8,11,14,17-19H2,1H3,(H,21,22)/b7-6-,10-9?,13-12-,16-15-. The maximum Gasteiger partial charge on any atom is 0.303 e. The summed E-state index contributed by atoms with van der Waals surface area (Å²) in [4.78, 5) is 10.3. The molecule has 0 aromatic rings. The molecule has 0 amide bonds. The van der Waals surface area contributed by atoms with E-state index in [1.165, 1.54) is 25.7 Å². The van der Waals surface area contributed by atoms with E-state index in [1.54, 1.807) is 0 Å². The van der Waals surface area contributed by atoms with Crippen LogP contribution in [0.25, 0.3) is 0 Å². The third kappa shape index (κ3) is 18.4. The third-order valence-corrected chi connectivity index (χ3v) is 3.22. The molecule has 0 saturated carbocycles. The number of carboxylic acid groups (broad SMARTS) is 1. The van der Waals surface area contributed by atoms with Crippen molar-refractivity contribution in [1.82, 2.24) is 0 Å². The van der Waals surface area contributed by atoms with E-state index in [9.17, 15) is 4.79 Å². The van der Waals surface area contributed by atoms with Crippen LogP contribution >= 0.6 is 0 Å².